The third kappa shape index (κ3) is 3.03. The molecular weight excluding hydrogens is 326 g/mol. The predicted octanol–water partition coefficient (Wildman–Crippen LogP) is 3.66. The first kappa shape index (κ1) is 16.6. The van der Waals surface area contributed by atoms with E-state index in [9.17, 15) is 4.79 Å². The third-order valence-corrected chi connectivity index (χ3v) is 4.99. The molecule has 1 saturated heterocycles. The van der Waals surface area contributed by atoms with Crippen LogP contribution in [0, 0.1) is 0 Å². The lowest BCUT2D eigenvalue weighted by Crippen LogP contribution is -2.40. The minimum Gasteiger partial charge on any atom is -0.340 e. The van der Waals surface area contributed by atoms with E-state index in [1.807, 2.05) is 36.2 Å². The number of hydrogen-bond donors (Lipinski definition) is 1. The van der Waals surface area contributed by atoms with Crippen LogP contribution in [0.5, 0.6) is 0 Å². The van der Waals surface area contributed by atoms with Gasteiger partial charge >= 0.3 is 0 Å². The Hall–Kier alpha value is -2.89. The summed E-state index contributed by atoms with van der Waals surface area (Å²) >= 11 is 0. The summed E-state index contributed by atoms with van der Waals surface area (Å²) in [6.45, 7) is 3.43. The molecule has 0 radical (unpaired) electrons. The predicted molar refractivity (Wildman–Crippen MR) is 99.6 cm³/mol. The van der Waals surface area contributed by atoms with E-state index in [4.69, 9.17) is 0 Å². The number of aromatic amines is 1. The zero-order chi connectivity index (χ0) is 17.9. The standard InChI is InChI=1S/C20H23N5O/c1-2-25-18(11-12-22-25)20(26)24-13-7-6-10-17(24)19-21-14-16(23-19)15-8-4-3-5-9-15/h3-5,8-9,11-12,14,17H,2,6-7,10,13H2,1H3,(H,21,23). The highest BCUT2D eigenvalue weighted by molar-refractivity contribution is 5.92. The smallest absolute Gasteiger partial charge is 0.272 e. The van der Waals surface area contributed by atoms with Gasteiger partial charge in [-0.05, 0) is 37.8 Å². The van der Waals surface area contributed by atoms with Crippen LogP contribution in [-0.2, 0) is 6.54 Å². The molecule has 0 spiro atoms. The number of likely N-dealkylation sites (tertiary alicyclic amines) is 1. The molecule has 1 fully saturated rings. The summed E-state index contributed by atoms with van der Waals surface area (Å²) in [5.74, 6) is 0.895. The number of aromatic nitrogens is 4. The number of hydrogen-bond acceptors (Lipinski definition) is 3. The summed E-state index contributed by atoms with van der Waals surface area (Å²) in [6, 6.07) is 11.9. The van der Waals surface area contributed by atoms with Gasteiger partial charge in [-0.15, -0.1) is 0 Å². The van der Waals surface area contributed by atoms with E-state index in [-0.39, 0.29) is 11.9 Å². The maximum absolute atomic E-state index is 13.1. The number of imidazole rings is 1. The molecule has 4 rings (SSSR count). The second-order valence-corrected chi connectivity index (χ2v) is 6.59. The lowest BCUT2D eigenvalue weighted by molar-refractivity contribution is 0.0588. The molecule has 6 nitrogen and oxygen atoms in total. The molecule has 6 heteroatoms. The summed E-state index contributed by atoms with van der Waals surface area (Å²) in [7, 11) is 0. The summed E-state index contributed by atoms with van der Waals surface area (Å²) in [4.78, 5) is 23.1. The molecule has 1 amide bonds. The molecule has 1 aliphatic heterocycles. The van der Waals surface area contributed by atoms with Crippen LogP contribution in [0.25, 0.3) is 11.3 Å². The minimum atomic E-state index is -0.0195. The summed E-state index contributed by atoms with van der Waals surface area (Å²) in [5.41, 5.74) is 2.73. The van der Waals surface area contributed by atoms with Crippen LogP contribution < -0.4 is 0 Å². The monoisotopic (exact) mass is 349 g/mol. The van der Waals surface area contributed by atoms with Gasteiger partial charge in [-0.25, -0.2) is 4.98 Å². The van der Waals surface area contributed by atoms with Gasteiger partial charge in [-0.3, -0.25) is 9.48 Å². The van der Waals surface area contributed by atoms with Gasteiger partial charge in [0, 0.05) is 19.3 Å². The normalized spacial score (nSPS) is 17.4. The number of piperidine rings is 1. The van der Waals surface area contributed by atoms with Gasteiger partial charge in [-0.1, -0.05) is 30.3 Å². The average Bonchev–Trinajstić information content (AvgIpc) is 3.37. The molecule has 1 unspecified atom stereocenters. The summed E-state index contributed by atoms with van der Waals surface area (Å²) in [5, 5.41) is 4.24. The van der Waals surface area contributed by atoms with Crippen molar-refractivity contribution in [2.45, 2.75) is 38.8 Å². The Kier molecular flexibility index (Phi) is 4.56. The Labute approximate surface area is 152 Å². The van der Waals surface area contributed by atoms with Crippen molar-refractivity contribution >= 4 is 5.91 Å². The third-order valence-electron chi connectivity index (χ3n) is 4.99. The SMILES string of the molecule is CCn1nccc1C(=O)N1CCCCC1c1ncc(-c2ccccc2)[nH]1. The highest BCUT2D eigenvalue weighted by atomic mass is 16.2. The first-order chi connectivity index (χ1) is 12.8. The Morgan fingerprint density at radius 3 is 2.88 bits per heavy atom. The Balaban J connectivity index is 1.62. The second-order valence-electron chi connectivity index (χ2n) is 6.59. The minimum absolute atomic E-state index is 0.0195. The van der Waals surface area contributed by atoms with Gasteiger partial charge in [-0.2, -0.15) is 5.10 Å². The fourth-order valence-corrected chi connectivity index (χ4v) is 3.64. The van der Waals surface area contributed by atoms with E-state index >= 15 is 0 Å². The number of carbonyl (C=O) groups excluding carboxylic acids is 1. The van der Waals surface area contributed by atoms with Gasteiger partial charge in [0.15, 0.2) is 0 Å². The molecule has 1 aromatic carbocycles. The van der Waals surface area contributed by atoms with E-state index in [1.165, 1.54) is 0 Å². The van der Waals surface area contributed by atoms with Gasteiger partial charge < -0.3 is 9.88 Å². The highest BCUT2D eigenvalue weighted by Gasteiger charge is 2.32. The van der Waals surface area contributed by atoms with Crippen LogP contribution in [0.15, 0.2) is 48.8 Å². The molecule has 134 valence electrons. The van der Waals surface area contributed by atoms with E-state index in [0.717, 1.165) is 42.9 Å². The maximum atomic E-state index is 13.1. The van der Waals surface area contributed by atoms with Crippen LogP contribution in [0.1, 0.15) is 48.5 Å². The quantitative estimate of drug-likeness (QED) is 0.782. The average molecular weight is 349 g/mol. The van der Waals surface area contributed by atoms with Crippen LogP contribution in [0.2, 0.25) is 0 Å². The molecular formula is C20H23N5O. The second kappa shape index (κ2) is 7.15. The molecule has 1 aliphatic rings. The number of nitrogens with one attached hydrogen (secondary N) is 1. The first-order valence-corrected chi connectivity index (χ1v) is 9.21. The van der Waals surface area contributed by atoms with Crippen molar-refractivity contribution in [3.8, 4) is 11.3 Å². The number of nitrogens with zero attached hydrogens (tertiary/aromatic N) is 4. The number of aryl methyl sites for hydroxylation is 1. The van der Waals surface area contributed by atoms with Crippen LogP contribution in [0.3, 0.4) is 0 Å². The van der Waals surface area contributed by atoms with Crippen molar-refractivity contribution < 1.29 is 4.79 Å². The van der Waals surface area contributed by atoms with E-state index in [2.05, 4.69) is 27.2 Å². The topological polar surface area (TPSA) is 66.8 Å². The van der Waals surface area contributed by atoms with Crippen LogP contribution in [-0.4, -0.2) is 37.1 Å². The van der Waals surface area contributed by atoms with Crippen molar-refractivity contribution in [1.82, 2.24) is 24.6 Å². The highest BCUT2D eigenvalue weighted by Crippen LogP contribution is 2.31. The van der Waals surface area contributed by atoms with Crippen molar-refractivity contribution in [1.29, 1.82) is 0 Å². The Bertz CT molecular complexity index is 883. The Morgan fingerprint density at radius 1 is 1.23 bits per heavy atom. The fraction of sp³-hybridized carbons (Fsp3) is 0.350. The molecule has 3 aromatic rings. The molecule has 1 atom stereocenters. The molecule has 2 aromatic heterocycles. The largest absolute Gasteiger partial charge is 0.340 e. The van der Waals surface area contributed by atoms with Crippen molar-refractivity contribution in [3.63, 3.8) is 0 Å². The van der Waals surface area contributed by atoms with Gasteiger partial charge in [0.1, 0.15) is 11.5 Å². The zero-order valence-corrected chi connectivity index (χ0v) is 14.9. The molecule has 0 bridgehead atoms. The van der Waals surface area contributed by atoms with E-state index < -0.39 is 0 Å². The van der Waals surface area contributed by atoms with Crippen molar-refractivity contribution in [2.75, 3.05) is 6.54 Å². The van der Waals surface area contributed by atoms with Crippen molar-refractivity contribution in [2.24, 2.45) is 0 Å². The summed E-state index contributed by atoms with van der Waals surface area (Å²) < 4.78 is 1.76. The molecule has 3 heterocycles. The number of rotatable bonds is 4. The van der Waals surface area contributed by atoms with Gasteiger partial charge in [0.25, 0.3) is 5.91 Å². The number of amides is 1. The van der Waals surface area contributed by atoms with Crippen LogP contribution in [0.4, 0.5) is 0 Å². The molecule has 26 heavy (non-hydrogen) atoms. The van der Waals surface area contributed by atoms with Gasteiger partial charge in [0.05, 0.1) is 17.9 Å². The number of carbonyl (C=O) groups is 1. The number of benzene rings is 1. The van der Waals surface area contributed by atoms with E-state index in [0.29, 0.717) is 12.2 Å². The fourth-order valence-electron chi connectivity index (χ4n) is 3.64. The zero-order valence-electron chi connectivity index (χ0n) is 14.9. The number of H-pyrrole nitrogens is 1. The summed E-state index contributed by atoms with van der Waals surface area (Å²) in [6.07, 6.45) is 6.60. The first-order valence-electron chi connectivity index (χ1n) is 9.21. The van der Waals surface area contributed by atoms with E-state index in [1.54, 1.807) is 16.9 Å². The molecule has 0 saturated carbocycles. The Morgan fingerprint density at radius 2 is 2.08 bits per heavy atom. The maximum Gasteiger partial charge on any atom is 0.272 e. The van der Waals surface area contributed by atoms with Crippen LogP contribution >= 0.6 is 0 Å². The van der Waals surface area contributed by atoms with Crippen molar-refractivity contribution in [3.05, 3.63) is 60.3 Å². The lowest BCUT2D eigenvalue weighted by Gasteiger charge is -2.34. The molecule has 0 aliphatic carbocycles. The van der Waals surface area contributed by atoms with Gasteiger partial charge in [0.2, 0.25) is 0 Å². The lowest BCUT2D eigenvalue weighted by atomic mass is 10.0. The molecule has 1 N–H and O–H groups in total.